The highest BCUT2D eigenvalue weighted by atomic mass is 16.6. The van der Waals surface area contributed by atoms with E-state index >= 15 is 0 Å². The van der Waals surface area contributed by atoms with Crippen molar-refractivity contribution in [1.29, 1.82) is 0 Å². The van der Waals surface area contributed by atoms with E-state index in [-0.39, 0.29) is 30.1 Å². The number of aromatic amines is 1. The summed E-state index contributed by atoms with van der Waals surface area (Å²) in [7, 11) is 4.10. The molecule has 0 fully saturated rings. The third-order valence-corrected chi connectivity index (χ3v) is 4.52. The van der Waals surface area contributed by atoms with Crippen LogP contribution in [0.25, 0.3) is 0 Å². The summed E-state index contributed by atoms with van der Waals surface area (Å²) in [5.41, 5.74) is 1.82. The standard InChI is InChI=1S/C19H23N3O7/c1-10-16(19(24)29-5)11(2)21-17(10)18(23)20-7-6-12-8-14(27-3)15(28-4)9-13(12)22(25)26/h8-9,21H,6-7H2,1-5H3,(H,20,23). The van der Waals surface area contributed by atoms with Crippen molar-refractivity contribution in [2.24, 2.45) is 0 Å². The first-order valence-corrected chi connectivity index (χ1v) is 8.70. The van der Waals surface area contributed by atoms with Gasteiger partial charge < -0.3 is 24.5 Å². The number of nitrogens with one attached hydrogen (secondary N) is 2. The molecule has 1 aromatic heterocycles. The normalized spacial score (nSPS) is 10.4. The molecular formula is C19H23N3O7. The van der Waals surface area contributed by atoms with Crippen molar-refractivity contribution in [3.8, 4) is 11.5 Å². The summed E-state index contributed by atoms with van der Waals surface area (Å²) in [6, 6.07) is 2.81. The molecule has 0 radical (unpaired) electrons. The Kier molecular flexibility index (Phi) is 6.81. The van der Waals surface area contributed by atoms with Crippen LogP contribution in [0.15, 0.2) is 12.1 Å². The minimum Gasteiger partial charge on any atom is -0.493 e. The molecule has 10 nitrogen and oxygen atoms in total. The molecule has 29 heavy (non-hydrogen) atoms. The summed E-state index contributed by atoms with van der Waals surface area (Å²) < 4.78 is 15.0. The second kappa shape index (κ2) is 9.09. The molecular weight excluding hydrogens is 382 g/mol. The van der Waals surface area contributed by atoms with Crippen LogP contribution in [0.2, 0.25) is 0 Å². The van der Waals surface area contributed by atoms with Crippen LogP contribution in [0.4, 0.5) is 5.69 Å². The van der Waals surface area contributed by atoms with Crippen molar-refractivity contribution < 1.29 is 28.7 Å². The van der Waals surface area contributed by atoms with E-state index in [0.717, 1.165) is 0 Å². The van der Waals surface area contributed by atoms with E-state index in [9.17, 15) is 19.7 Å². The number of aryl methyl sites for hydroxylation is 1. The largest absolute Gasteiger partial charge is 0.493 e. The van der Waals surface area contributed by atoms with E-state index in [0.29, 0.717) is 28.1 Å². The smallest absolute Gasteiger partial charge is 0.339 e. The van der Waals surface area contributed by atoms with E-state index in [4.69, 9.17) is 14.2 Å². The van der Waals surface area contributed by atoms with Crippen LogP contribution in [0.5, 0.6) is 11.5 Å². The molecule has 1 aromatic carbocycles. The van der Waals surface area contributed by atoms with Gasteiger partial charge in [-0.2, -0.15) is 0 Å². The van der Waals surface area contributed by atoms with Gasteiger partial charge >= 0.3 is 5.97 Å². The lowest BCUT2D eigenvalue weighted by Gasteiger charge is -2.11. The van der Waals surface area contributed by atoms with E-state index in [1.54, 1.807) is 13.8 Å². The number of carbonyl (C=O) groups excluding carboxylic acids is 2. The number of esters is 1. The second-order valence-electron chi connectivity index (χ2n) is 6.22. The number of nitro benzene ring substituents is 1. The summed E-state index contributed by atoms with van der Waals surface area (Å²) in [6.45, 7) is 3.45. The highest BCUT2D eigenvalue weighted by Gasteiger charge is 2.23. The zero-order chi connectivity index (χ0) is 21.7. The molecule has 2 rings (SSSR count). The van der Waals surface area contributed by atoms with Crippen LogP contribution in [-0.4, -0.2) is 49.7 Å². The van der Waals surface area contributed by atoms with Crippen molar-refractivity contribution >= 4 is 17.6 Å². The van der Waals surface area contributed by atoms with Gasteiger partial charge in [-0.15, -0.1) is 0 Å². The van der Waals surface area contributed by atoms with E-state index in [2.05, 4.69) is 10.3 Å². The number of nitro groups is 1. The predicted molar refractivity (Wildman–Crippen MR) is 104 cm³/mol. The van der Waals surface area contributed by atoms with E-state index < -0.39 is 16.8 Å². The van der Waals surface area contributed by atoms with Gasteiger partial charge in [-0.25, -0.2) is 4.79 Å². The lowest BCUT2D eigenvalue weighted by atomic mass is 10.1. The average molecular weight is 405 g/mol. The molecule has 0 saturated heterocycles. The topological polar surface area (TPSA) is 133 Å². The number of H-pyrrole nitrogens is 1. The molecule has 0 bridgehead atoms. The van der Waals surface area contributed by atoms with Gasteiger partial charge in [-0.1, -0.05) is 0 Å². The number of methoxy groups -OCH3 is 3. The summed E-state index contributed by atoms with van der Waals surface area (Å²) in [5, 5.41) is 14.1. The third kappa shape index (κ3) is 4.48. The number of ether oxygens (including phenoxy) is 3. The molecule has 0 aliphatic carbocycles. The summed E-state index contributed by atoms with van der Waals surface area (Å²) in [4.78, 5) is 38.1. The molecule has 0 aliphatic rings. The SMILES string of the molecule is COC(=O)c1c(C)[nH]c(C(=O)NCCc2cc(OC)c(OC)cc2[N+](=O)[O-])c1C. The van der Waals surface area contributed by atoms with Crippen molar-refractivity contribution in [2.45, 2.75) is 20.3 Å². The molecule has 10 heteroatoms. The number of amides is 1. The Morgan fingerprint density at radius 2 is 1.76 bits per heavy atom. The number of benzene rings is 1. The Labute approximate surface area is 167 Å². The van der Waals surface area contributed by atoms with E-state index in [1.807, 2.05) is 0 Å². The minimum atomic E-state index is -0.531. The fourth-order valence-electron chi connectivity index (χ4n) is 3.06. The summed E-state index contributed by atoms with van der Waals surface area (Å²) >= 11 is 0. The number of nitrogens with zero attached hydrogens (tertiary/aromatic N) is 1. The van der Waals surface area contributed by atoms with Crippen LogP contribution in [-0.2, 0) is 11.2 Å². The molecule has 0 aliphatic heterocycles. The number of hydrogen-bond donors (Lipinski definition) is 2. The van der Waals surface area contributed by atoms with Crippen molar-refractivity contribution in [3.05, 3.63) is 50.3 Å². The fourth-order valence-corrected chi connectivity index (χ4v) is 3.06. The maximum absolute atomic E-state index is 12.5. The van der Waals surface area contributed by atoms with Crippen LogP contribution < -0.4 is 14.8 Å². The molecule has 2 aromatic rings. The first-order chi connectivity index (χ1) is 13.7. The molecule has 0 spiro atoms. The minimum absolute atomic E-state index is 0.128. The Hall–Kier alpha value is -3.56. The molecule has 1 amide bonds. The van der Waals surface area contributed by atoms with Crippen LogP contribution in [0.1, 0.15) is 37.7 Å². The van der Waals surface area contributed by atoms with Gasteiger partial charge in [-0.05, 0) is 31.9 Å². The van der Waals surface area contributed by atoms with Crippen LogP contribution in [0, 0.1) is 24.0 Å². The molecule has 1 heterocycles. The highest BCUT2D eigenvalue weighted by Crippen LogP contribution is 2.34. The lowest BCUT2D eigenvalue weighted by molar-refractivity contribution is -0.385. The Morgan fingerprint density at radius 3 is 2.31 bits per heavy atom. The molecule has 0 atom stereocenters. The average Bonchev–Trinajstić information content (AvgIpc) is 3.00. The molecule has 2 N–H and O–H groups in total. The Bertz CT molecular complexity index is 950. The third-order valence-electron chi connectivity index (χ3n) is 4.52. The van der Waals surface area contributed by atoms with Gasteiger partial charge in [0.2, 0.25) is 0 Å². The first-order valence-electron chi connectivity index (χ1n) is 8.70. The molecule has 0 saturated carbocycles. The van der Waals surface area contributed by atoms with Crippen molar-refractivity contribution in [3.63, 3.8) is 0 Å². The maximum Gasteiger partial charge on any atom is 0.339 e. The number of hydrogen-bond acceptors (Lipinski definition) is 7. The quantitative estimate of drug-likeness (QED) is 0.391. The van der Waals surface area contributed by atoms with Crippen molar-refractivity contribution in [2.75, 3.05) is 27.9 Å². The monoisotopic (exact) mass is 405 g/mol. The zero-order valence-corrected chi connectivity index (χ0v) is 16.9. The second-order valence-corrected chi connectivity index (χ2v) is 6.22. The van der Waals surface area contributed by atoms with Crippen molar-refractivity contribution in [1.82, 2.24) is 10.3 Å². The molecule has 156 valence electrons. The summed E-state index contributed by atoms with van der Waals surface area (Å²) in [6.07, 6.45) is 0.199. The Balaban J connectivity index is 2.17. The summed E-state index contributed by atoms with van der Waals surface area (Å²) in [5.74, 6) is -0.349. The van der Waals surface area contributed by atoms with Crippen LogP contribution in [0.3, 0.4) is 0 Å². The van der Waals surface area contributed by atoms with Crippen LogP contribution >= 0.6 is 0 Å². The maximum atomic E-state index is 12.5. The van der Waals surface area contributed by atoms with Gasteiger partial charge in [-0.3, -0.25) is 14.9 Å². The first kappa shape index (κ1) is 21.7. The fraction of sp³-hybridized carbons (Fsp3) is 0.368. The van der Waals surface area contributed by atoms with Gasteiger partial charge in [0.05, 0.1) is 37.9 Å². The Morgan fingerprint density at radius 1 is 1.14 bits per heavy atom. The number of aromatic nitrogens is 1. The van der Waals surface area contributed by atoms with Gasteiger partial charge in [0, 0.05) is 17.8 Å². The zero-order valence-electron chi connectivity index (χ0n) is 16.9. The highest BCUT2D eigenvalue weighted by molar-refractivity contribution is 6.00. The van der Waals surface area contributed by atoms with Gasteiger partial charge in [0.15, 0.2) is 11.5 Å². The van der Waals surface area contributed by atoms with Gasteiger partial charge in [0.1, 0.15) is 5.69 Å². The molecule has 0 unspecified atom stereocenters. The van der Waals surface area contributed by atoms with Gasteiger partial charge in [0.25, 0.3) is 11.6 Å². The van der Waals surface area contributed by atoms with E-state index in [1.165, 1.54) is 33.5 Å². The predicted octanol–water partition coefficient (Wildman–Crippen LogP) is 2.32. The number of rotatable bonds is 8. The lowest BCUT2D eigenvalue weighted by Crippen LogP contribution is -2.27. The number of carbonyl (C=O) groups is 2.